The predicted octanol–water partition coefficient (Wildman–Crippen LogP) is 5.81. The summed E-state index contributed by atoms with van der Waals surface area (Å²) in [4.78, 5) is 44.5. The van der Waals surface area contributed by atoms with Gasteiger partial charge in [-0.3, -0.25) is 4.79 Å². The van der Waals surface area contributed by atoms with E-state index in [1.54, 1.807) is 4.90 Å². The smallest absolute Gasteiger partial charge is 0.410 e. The molecule has 2 fully saturated rings. The molecule has 0 N–H and O–H groups in total. The first-order chi connectivity index (χ1) is 24.2. The number of piperazine rings is 1. The lowest BCUT2D eigenvalue weighted by Crippen LogP contribution is -2.56. The Labute approximate surface area is 301 Å². The molecule has 3 aromatic rings. The highest BCUT2D eigenvalue weighted by Gasteiger charge is 2.36. The molecule has 0 radical (unpaired) electrons. The number of carbonyl (C=O) groups is 2. The van der Waals surface area contributed by atoms with Crippen molar-refractivity contribution < 1.29 is 23.8 Å². The minimum Gasteiger partial charge on any atom is -0.463 e. The highest BCUT2D eigenvalue weighted by atomic mass is 16.6. The summed E-state index contributed by atoms with van der Waals surface area (Å²) in [6, 6.07) is 14.3. The molecule has 2 saturated heterocycles. The molecule has 2 aromatic carbocycles. The summed E-state index contributed by atoms with van der Waals surface area (Å²) in [6.07, 6.45) is 1.51. The molecule has 0 spiro atoms. The van der Waals surface area contributed by atoms with E-state index in [-0.39, 0.29) is 18.4 Å². The van der Waals surface area contributed by atoms with Crippen molar-refractivity contribution in [2.45, 2.75) is 79.0 Å². The van der Waals surface area contributed by atoms with Crippen LogP contribution in [-0.4, -0.2) is 96.4 Å². The molecule has 0 aliphatic carbocycles. The molecule has 272 valence electrons. The van der Waals surface area contributed by atoms with Gasteiger partial charge >= 0.3 is 18.1 Å². The third kappa shape index (κ3) is 8.47. The van der Waals surface area contributed by atoms with Crippen molar-refractivity contribution in [3.05, 3.63) is 47.7 Å². The van der Waals surface area contributed by atoms with Crippen LogP contribution in [0.1, 0.15) is 65.6 Å². The van der Waals surface area contributed by atoms with Crippen LogP contribution < -0.4 is 19.3 Å². The fraction of sp³-hybridized carbons (Fsp3) is 0.564. The second-order valence-corrected chi connectivity index (χ2v) is 16.1. The molecular weight excluding hydrogens is 646 g/mol. The molecule has 12 nitrogen and oxygen atoms in total. The van der Waals surface area contributed by atoms with Crippen LogP contribution in [0.4, 0.5) is 16.3 Å². The van der Waals surface area contributed by atoms with Gasteiger partial charge in [0, 0.05) is 61.3 Å². The van der Waals surface area contributed by atoms with Crippen LogP contribution in [0, 0.1) is 22.7 Å². The van der Waals surface area contributed by atoms with Crippen LogP contribution in [0.15, 0.2) is 36.4 Å². The molecule has 2 atom stereocenters. The molecule has 4 heterocycles. The Hall–Kier alpha value is -4.63. The molecule has 0 bridgehead atoms. The largest absolute Gasteiger partial charge is 0.463 e. The highest BCUT2D eigenvalue weighted by Crippen LogP contribution is 2.38. The fourth-order valence-corrected chi connectivity index (χ4v) is 7.01. The number of fused-ring (bicyclic) bond motifs is 2. The summed E-state index contributed by atoms with van der Waals surface area (Å²) >= 11 is 0. The third-order valence-electron chi connectivity index (χ3n) is 9.67. The number of aromatic nitrogens is 2. The van der Waals surface area contributed by atoms with Crippen LogP contribution in [-0.2, 0) is 22.5 Å². The van der Waals surface area contributed by atoms with Gasteiger partial charge in [0.1, 0.15) is 17.2 Å². The monoisotopic (exact) mass is 697 g/mol. The van der Waals surface area contributed by atoms with Gasteiger partial charge in [-0.15, -0.1) is 0 Å². The van der Waals surface area contributed by atoms with Gasteiger partial charge in [0.05, 0.1) is 42.8 Å². The van der Waals surface area contributed by atoms with Gasteiger partial charge in [-0.05, 0) is 79.4 Å². The Kier molecular flexibility index (Phi) is 10.3. The van der Waals surface area contributed by atoms with Crippen LogP contribution in [0.5, 0.6) is 11.8 Å². The first kappa shape index (κ1) is 36.2. The van der Waals surface area contributed by atoms with Crippen molar-refractivity contribution in [2.75, 3.05) is 62.7 Å². The topological polar surface area (TPSA) is 124 Å². The van der Waals surface area contributed by atoms with Crippen molar-refractivity contribution in [3.8, 4) is 17.8 Å². The zero-order valence-corrected chi connectivity index (χ0v) is 31.1. The minimum atomic E-state index is -0.641. The Morgan fingerprint density at radius 3 is 2.47 bits per heavy atom. The first-order valence-electron chi connectivity index (χ1n) is 18.0. The van der Waals surface area contributed by atoms with E-state index in [0.717, 1.165) is 53.0 Å². The molecule has 3 aliphatic heterocycles. The number of likely N-dealkylation sites (tertiary alicyclic amines) is 1. The lowest BCUT2D eigenvalue weighted by atomic mass is 9.97. The van der Waals surface area contributed by atoms with Crippen molar-refractivity contribution in [1.82, 2.24) is 19.8 Å². The lowest BCUT2D eigenvalue weighted by molar-refractivity contribution is -0.142. The van der Waals surface area contributed by atoms with Crippen molar-refractivity contribution >= 4 is 34.3 Å². The molecule has 51 heavy (non-hydrogen) atoms. The molecule has 1 aromatic heterocycles. The van der Waals surface area contributed by atoms with Gasteiger partial charge in [0.25, 0.3) is 0 Å². The summed E-state index contributed by atoms with van der Waals surface area (Å²) in [5.41, 5.74) is 1.60. The van der Waals surface area contributed by atoms with E-state index in [1.807, 2.05) is 71.9 Å². The van der Waals surface area contributed by atoms with E-state index >= 15 is 0 Å². The Bertz CT molecular complexity index is 1810. The Balaban J connectivity index is 1.33. The van der Waals surface area contributed by atoms with Gasteiger partial charge < -0.3 is 33.8 Å². The normalized spacial score (nSPS) is 19.8. The minimum absolute atomic E-state index is 0.179. The van der Waals surface area contributed by atoms with Gasteiger partial charge in [-0.2, -0.15) is 15.2 Å². The second-order valence-electron chi connectivity index (χ2n) is 16.1. The second kappa shape index (κ2) is 14.5. The molecule has 1 unspecified atom stereocenters. The number of rotatable bonds is 7. The number of esters is 1. The van der Waals surface area contributed by atoms with Crippen LogP contribution in [0.3, 0.4) is 0 Å². The van der Waals surface area contributed by atoms with E-state index in [1.165, 1.54) is 0 Å². The van der Waals surface area contributed by atoms with Crippen molar-refractivity contribution in [1.29, 1.82) is 5.26 Å². The molecule has 1 amide bonds. The number of amides is 1. The van der Waals surface area contributed by atoms with E-state index in [0.29, 0.717) is 63.4 Å². The zero-order chi connectivity index (χ0) is 36.5. The van der Waals surface area contributed by atoms with E-state index in [2.05, 4.69) is 33.9 Å². The summed E-state index contributed by atoms with van der Waals surface area (Å²) < 4.78 is 17.9. The third-order valence-corrected chi connectivity index (χ3v) is 9.67. The van der Waals surface area contributed by atoms with Crippen LogP contribution >= 0.6 is 0 Å². The molecule has 6 rings (SSSR count). The summed E-state index contributed by atoms with van der Waals surface area (Å²) in [5, 5.41) is 11.8. The predicted molar refractivity (Wildman–Crippen MR) is 196 cm³/mol. The number of benzene rings is 2. The number of anilines is 2. The first-order valence-corrected chi connectivity index (χ1v) is 18.0. The number of carbonyl (C=O) groups excluding carboxylic acids is 2. The zero-order valence-electron chi connectivity index (χ0n) is 31.1. The van der Waals surface area contributed by atoms with Crippen molar-refractivity contribution in [2.24, 2.45) is 11.3 Å². The molecule has 12 heteroatoms. The van der Waals surface area contributed by atoms with Gasteiger partial charge in [0.2, 0.25) is 0 Å². The maximum atomic E-state index is 13.2. The Morgan fingerprint density at radius 1 is 0.980 bits per heavy atom. The molecule has 0 saturated carbocycles. The number of hydrogen-bond acceptors (Lipinski definition) is 11. The maximum absolute atomic E-state index is 13.2. The average Bonchev–Trinajstić information content (AvgIpc) is 3.50. The van der Waals surface area contributed by atoms with E-state index < -0.39 is 17.1 Å². The molecule has 3 aliphatic rings. The Morgan fingerprint density at radius 2 is 1.76 bits per heavy atom. The van der Waals surface area contributed by atoms with Crippen LogP contribution in [0.25, 0.3) is 10.8 Å². The fourth-order valence-electron chi connectivity index (χ4n) is 7.01. The quantitative estimate of drug-likeness (QED) is 0.219. The van der Waals surface area contributed by atoms with Crippen LogP contribution in [0.2, 0.25) is 0 Å². The number of nitrogens with zero attached hydrogens (tertiary/aromatic N) is 7. The average molecular weight is 698 g/mol. The number of nitriles is 1. The highest BCUT2D eigenvalue weighted by molar-refractivity contribution is 5.96. The lowest BCUT2D eigenvalue weighted by Gasteiger charge is -2.42. The van der Waals surface area contributed by atoms with Gasteiger partial charge in [-0.1, -0.05) is 24.3 Å². The molecular formula is C39H51N7O5. The summed E-state index contributed by atoms with van der Waals surface area (Å²) in [6.45, 7) is 16.2. The van der Waals surface area contributed by atoms with Gasteiger partial charge in [0.15, 0.2) is 0 Å². The standard InChI is InChI=1S/C39H51N7O5/c1-38(2,3)35(47)50-29-20-27-10-8-9-11-30(27)33(21-29)44-17-14-31-32(24-44)41-36(49-25-26-13-16-43(7)22-26)42-34(31)45-18-19-46(28(23-45)12-15-40)37(48)51-39(4,5)6/h8-11,20-21,26,28H,12-14,16-19,22-25H2,1-7H3/t26-,28?/m1/s1. The number of ether oxygens (including phenoxy) is 3. The number of hydrogen-bond donors (Lipinski definition) is 0. The van der Waals surface area contributed by atoms with Crippen molar-refractivity contribution in [3.63, 3.8) is 0 Å². The van der Waals surface area contributed by atoms with E-state index in [4.69, 9.17) is 24.2 Å². The van der Waals surface area contributed by atoms with Gasteiger partial charge in [-0.25, -0.2) is 4.79 Å². The van der Waals surface area contributed by atoms with E-state index in [9.17, 15) is 14.9 Å². The maximum Gasteiger partial charge on any atom is 0.410 e. The summed E-state index contributed by atoms with van der Waals surface area (Å²) in [7, 11) is 2.12. The SMILES string of the molecule is CN1CC[C@@H](COc2nc3c(c(N4CCN(C(=O)OC(C)(C)C)C(CC#N)C4)n2)CCN(c2cc(OC(=O)C(C)(C)C)cc4ccccc24)C3)C1. The summed E-state index contributed by atoms with van der Waals surface area (Å²) in [5.74, 6) is 1.41.